The quantitative estimate of drug-likeness (QED) is 0.160. The second-order valence-corrected chi connectivity index (χ2v) is 7.18. The number of ether oxygens (including phenoxy) is 2. The predicted molar refractivity (Wildman–Crippen MR) is 121 cm³/mol. The fourth-order valence-electron chi connectivity index (χ4n) is 2.93. The molecule has 0 aromatic carbocycles. The van der Waals surface area contributed by atoms with Crippen molar-refractivity contribution in [2.75, 3.05) is 40.5 Å². The minimum Gasteiger partial charge on any atom is -0.468 e. The molecule has 0 fully saturated rings. The van der Waals surface area contributed by atoms with Gasteiger partial charge in [-0.2, -0.15) is 11.0 Å². The third-order valence-corrected chi connectivity index (χ3v) is 4.81. The molecular formula is C22H36N4O6. The van der Waals surface area contributed by atoms with Gasteiger partial charge < -0.3 is 9.47 Å². The lowest BCUT2D eigenvalue weighted by Crippen LogP contribution is -2.49. The molecule has 180 valence electrons. The number of methoxy groups -OCH3 is 2. The molecule has 0 saturated carbocycles. The summed E-state index contributed by atoms with van der Waals surface area (Å²) in [6, 6.07) is -0.577. The van der Waals surface area contributed by atoms with E-state index in [4.69, 9.17) is 9.68 Å². The summed E-state index contributed by atoms with van der Waals surface area (Å²) < 4.78 is 9.32. The van der Waals surface area contributed by atoms with Gasteiger partial charge in [0, 0.05) is 13.1 Å². The Morgan fingerprint density at radius 1 is 0.906 bits per heavy atom. The average molecular weight is 453 g/mol. The van der Waals surface area contributed by atoms with E-state index in [-0.39, 0.29) is 36.1 Å². The van der Waals surface area contributed by atoms with Gasteiger partial charge in [0.15, 0.2) is 0 Å². The van der Waals surface area contributed by atoms with Crippen molar-refractivity contribution in [3.05, 3.63) is 48.6 Å². The number of hydrogen-bond acceptors (Lipinski definition) is 10. The van der Waals surface area contributed by atoms with Crippen LogP contribution in [0.25, 0.3) is 0 Å². The number of hydrogen-bond donors (Lipinski definition) is 4. The fourth-order valence-corrected chi connectivity index (χ4v) is 2.93. The molecule has 10 heteroatoms. The van der Waals surface area contributed by atoms with Gasteiger partial charge in [0.05, 0.1) is 39.5 Å². The van der Waals surface area contributed by atoms with Crippen LogP contribution < -0.4 is 21.6 Å². The van der Waals surface area contributed by atoms with Crippen LogP contribution in [0.1, 0.15) is 13.8 Å². The molecule has 0 radical (unpaired) electrons. The monoisotopic (exact) mass is 452 g/mol. The third-order valence-electron chi connectivity index (χ3n) is 4.81. The summed E-state index contributed by atoms with van der Waals surface area (Å²) in [4.78, 5) is 32.9. The molecule has 0 bridgehead atoms. The zero-order valence-corrected chi connectivity index (χ0v) is 19.3. The molecule has 10 nitrogen and oxygen atoms in total. The van der Waals surface area contributed by atoms with Crippen LogP contribution in [0.4, 0.5) is 0 Å². The molecule has 0 aliphatic carbocycles. The lowest BCUT2D eigenvalue weighted by molar-refractivity contribution is -0.142. The average Bonchev–Trinajstić information content (AvgIpc) is 2.80. The van der Waals surface area contributed by atoms with Crippen molar-refractivity contribution < 1.29 is 28.7 Å². The first-order chi connectivity index (χ1) is 15.4. The van der Waals surface area contributed by atoms with E-state index < -0.39 is 0 Å². The molecule has 2 aliphatic rings. The third kappa shape index (κ3) is 9.43. The number of carbonyl (C=O) groups excluding carboxylic acids is 2. The van der Waals surface area contributed by atoms with Crippen LogP contribution in [-0.2, 0) is 28.7 Å². The van der Waals surface area contributed by atoms with Gasteiger partial charge in [0.1, 0.15) is 12.1 Å². The number of carbonyl (C=O) groups is 2. The maximum Gasteiger partial charge on any atom is 0.326 e. The van der Waals surface area contributed by atoms with Gasteiger partial charge in [-0.05, 0) is 13.8 Å². The molecule has 32 heavy (non-hydrogen) atoms. The van der Waals surface area contributed by atoms with Crippen molar-refractivity contribution in [1.29, 1.82) is 0 Å². The smallest absolute Gasteiger partial charge is 0.326 e. The molecule has 0 spiro atoms. The minimum atomic E-state index is -0.359. The van der Waals surface area contributed by atoms with E-state index in [2.05, 4.69) is 44.2 Å². The summed E-state index contributed by atoms with van der Waals surface area (Å²) in [5.74, 6) is -0.547. The molecule has 4 atom stereocenters. The Bertz CT molecular complexity index is 636. The Morgan fingerprint density at radius 2 is 1.28 bits per heavy atom. The molecule has 2 aliphatic heterocycles. The highest BCUT2D eigenvalue weighted by molar-refractivity contribution is 5.78. The first kappa shape index (κ1) is 27.7. The van der Waals surface area contributed by atoms with Crippen LogP contribution in [0.3, 0.4) is 0 Å². The minimum absolute atomic E-state index is 0.0702. The van der Waals surface area contributed by atoms with Crippen molar-refractivity contribution in [2.45, 2.75) is 38.0 Å². The molecular weight excluding hydrogens is 416 g/mol. The summed E-state index contributed by atoms with van der Waals surface area (Å²) in [7, 11) is 2.76. The Labute approximate surface area is 190 Å². The van der Waals surface area contributed by atoms with Crippen LogP contribution in [0.15, 0.2) is 48.6 Å². The van der Waals surface area contributed by atoms with Crippen LogP contribution in [0, 0.1) is 0 Å². The number of nitrogens with one attached hydrogen (secondary N) is 4. The van der Waals surface area contributed by atoms with Gasteiger partial charge in [0.2, 0.25) is 0 Å². The predicted octanol–water partition coefficient (Wildman–Crippen LogP) is 0.307. The summed E-state index contributed by atoms with van der Waals surface area (Å²) in [6.07, 6.45) is 7.01. The van der Waals surface area contributed by atoms with E-state index in [0.717, 1.165) is 11.1 Å². The van der Waals surface area contributed by atoms with E-state index in [9.17, 15) is 9.59 Å². The molecule has 0 unspecified atom stereocenters. The zero-order valence-electron chi connectivity index (χ0n) is 19.3. The molecule has 4 N–H and O–H groups in total. The highest BCUT2D eigenvalue weighted by Crippen LogP contribution is 2.10. The van der Waals surface area contributed by atoms with Crippen LogP contribution >= 0.6 is 0 Å². The normalized spacial score (nSPS) is 24.8. The molecule has 2 heterocycles. The van der Waals surface area contributed by atoms with Gasteiger partial charge in [0.25, 0.3) is 0 Å². The maximum absolute atomic E-state index is 11.3. The summed E-state index contributed by atoms with van der Waals surface area (Å²) in [5.41, 5.74) is 7.90. The Kier molecular flexibility index (Phi) is 13.4. The second kappa shape index (κ2) is 15.5. The SMILES string of the molecule is C=CCON[C@H]1CN[C@@H](C(=O)OC)C=C1C.C=CCON[C@H]1CN[C@H](C(=O)OC)C=C1C. The summed E-state index contributed by atoms with van der Waals surface area (Å²) >= 11 is 0. The Balaban J connectivity index is 0.000000320. The first-order valence-electron chi connectivity index (χ1n) is 10.3. The second-order valence-electron chi connectivity index (χ2n) is 7.18. The van der Waals surface area contributed by atoms with Gasteiger partial charge >= 0.3 is 11.9 Å². The topological polar surface area (TPSA) is 119 Å². The zero-order chi connectivity index (χ0) is 23.9. The summed E-state index contributed by atoms with van der Waals surface area (Å²) in [6.45, 7) is 13.2. The van der Waals surface area contributed by atoms with Crippen molar-refractivity contribution in [3.8, 4) is 0 Å². The maximum atomic E-state index is 11.3. The summed E-state index contributed by atoms with van der Waals surface area (Å²) in [5, 5.41) is 6.12. The van der Waals surface area contributed by atoms with E-state index in [1.165, 1.54) is 14.2 Å². The van der Waals surface area contributed by atoms with Crippen LogP contribution in [0.5, 0.6) is 0 Å². The fraction of sp³-hybridized carbons (Fsp3) is 0.545. The number of hydroxylamine groups is 2. The molecule has 2 rings (SSSR count). The molecule has 0 aromatic heterocycles. The van der Waals surface area contributed by atoms with E-state index in [0.29, 0.717) is 26.3 Å². The molecule has 0 amide bonds. The van der Waals surface area contributed by atoms with E-state index in [1.54, 1.807) is 12.2 Å². The Hall–Kier alpha value is -2.34. The van der Waals surface area contributed by atoms with Crippen molar-refractivity contribution in [3.63, 3.8) is 0 Å². The van der Waals surface area contributed by atoms with Gasteiger partial charge in [-0.25, -0.2) is 0 Å². The Morgan fingerprint density at radius 3 is 1.56 bits per heavy atom. The van der Waals surface area contributed by atoms with Crippen LogP contribution in [-0.4, -0.2) is 76.6 Å². The number of rotatable bonds is 10. The van der Waals surface area contributed by atoms with E-state index >= 15 is 0 Å². The lowest BCUT2D eigenvalue weighted by atomic mass is 10.0. The van der Waals surface area contributed by atoms with E-state index in [1.807, 2.05) is 26.0 Å². The standard InChI is InChI=1S/2C11H18N2O3/c2*1-4-5-16-13-10-7-12-9(6-8(10)2)11(14)15-3/h2*4,6,9-10,12-13H,1,5,7H2,2-3H3/t9-,10+;9-,10-/m10/s1. The van der Waals surface area contributed by atoms with Gasteiger partial charge in [-0.1, -0.05) is 35.5 Å². The van der Waals surface area contributed by atoms with Gasteiger partial charge in [-0.15, -0.1) is 13.2 Å². The van der Waals surface area contributed by atoms with Crippen molar-refractivity contribution in [1.82, 2.24) is 21.6 Å². The highest BCUT2D eigenvalue weighted by atomic mass is 16.6. The van der Waals surface area contributed by atoms with Gasteiger partial charge in [-0.3, -0.25) is 29.9 Å². The lowest BCUT2D eigenvalue weighted by Gasteiger charge is -2.27. The molecule has 0 saturated heterocycles. The highest BCUT2D eigenvalue weighted by Gasteiger charge is 2.25. The first-order valence-corrected chi connectivity index (χ1v) is 10.3. The van der Waals surface area contributed by atoms with Crippen LogP contribution in [0.2, 0.25) is 0 Å². The van der Waals surface area contributed by atoms with Crippen molar-refractivity contribution >= 4 is 11.9 Å². The van der Waals surface area contributed by atoms with Crippen molar-refractivity contribution in [2.24, 2.45) is 0 Å². The number of esters is 2. The largest absolute Gasteiger partial charge is 0.468 e. The molecule has 0 aromatic rings.